The summed E-state index contributed by atoms with van der Waals surface area (Å²) in [6.07, 6.45) is -11.3. The Morgan fingerprint density at radius 3 is 1.96 bits per heavy atom. The molecule has 0 aromatic heterocycles. The molecule has 90 heavy (non-hydrogen) atoms. The SMILES string of the molecule is CO[C@H]1C(=O)[C@@]2(C)C([C@@]3(OC(=O)c4ccccc4)[C@]4(O)C[C@H](OC(=O)[C@H](OC(=O)CCC(=O)Nc5ccc(C[C@H](NC(=O)N[C@@H](CCC(=O)O)C(=O)O)C(=O)O)cc5)[C@@H](NC(=O)OC(C)(C)C)c5ccccc5)C(C)=C1[C@@]43C)[C@]1(OC(C)=O)CO[C@@H]1C[C@@H]2OC. The number of ketones is 1. The van der Waals surface area contributed by atoms with Gasteiger partial charge in [0.15, 0.2) is 17.0 Å². The number of hydrogen-bond acceptors (Lipinski definition) is 20. The zero-order chi connectivity index (χ0) is 66.1. The van der Waals surface area contributed by atoms with Gasteiger partial charge in [-0.1, -0.05) is 60.7 Å². The highest BCUT2D eigenvalue weighted by Crippen LogP contribution is 2.84. The van der Waals surface area contributed by atoms with Crippen molar-refractivity contribution >= 4 is 71.3 Å². The fourth-order valence-corrected chi connectivity index (χ4v) is 13.8. The van der Waals surface area contributed by atoms with Gasteiger partial charge in [0.2, 0.25) is 12.0 Å². The van der Waals surface area contributed by atoms with Crippen LogP contribution in [0.3, 0.4) is 0 Å². The molecule has 14 atom stereocenters. The van der Waals surface area contributed by atoms with Crippen molar-refractivity contribution in [3.05, 3.63) is 113 Å². The number of urea groups is 1. The highest BCUT2D eigenvalue weighted by molar-refractivity contribution is 5.97. The molecular weight excluding hydrogens is 1180 g/mol. The Bertz CT molecular complexity index is 3350. The van der Waals surface area contributed by atoms with Crippen LogP contribution in [-0.2, 0) is 82.7 Å². The summed E-state index contributed by atoms with van der Waals surface area (Å²) in [4.78, 5) is 148. The van der Waals surface area contributed by atoms with E-state index in [0.29, 0.717) is 5.56 Å². The maximum absolute atomic E-state index is 15.8. The molecule has 27 nitrogen and oxygen atoms in total. The zero-order valence-corrected chi connectivity index (χ0v) is 51.0. The number of nitrogens with one attached hydrogen (secondary N) is 4. The van der Waals surface area contributed by atoms with Crippen LogP contribution in [0.15, 0.2) is 96.1 Å². The summed E-state index contributed by atoms with van der Waals surface area (Å²) in [5, 5.41) is 51.4. The number of carbonyl (C=O) groups is 11. The first kappa shape index (κ1) is 67.1. The molecule has 8 N–H and O–H groups in total. The van der Waals surface area contributed by atoms with Crippen LogP contribution in [0.5, 0.6) is 0 Å². The van der Waals surface area contributed by atoms with Crippen LogP contribution in [0.1, 0.15) is 115 Å². The number of carbonyl (C=O) groups excluding carboxylic acids is 8. The Hall–Kier alpha value is -8.79. The van der Waals surface area contributed by atoms with Gasteiger partial charge in [0.05, 0.1) is 41.4 Å². The maximum atomic E-state index is 15.8. The Balaban J connectivity index is 1.08. The minimum atomic E-state index is -2.30. The topological polar surface area (TPSA) is 391 Å². The summed E-state index contributed by atoms with van der Waals surface area (Å²) in [5.41, 5.74) is -9.82. The summed E-state index contributed by atoms with van der Waals surface area (Å²) < 4.78 is 49.3. The highest BCUT2D eigenvalue weighted by atomic mass is 16.6. The van der Waals surface area contributed by atoms with Gasteiger partial charge in [0.25, 0.3) is 0 Å². The second-order valence-electron chi connectivity index (χ2n) is 24.4. The molecule has 3 aromatic rings. The van der Waals surface area contributed by atoms with Crippen molar-refractivity contribution < 1.29 is 111 Å². The molecule has 0 spiro atoms. The van der Waals surface area contributed by atoms with Gasteiger partial charge in [-0.15, -0.1) is 0 Å². The van der Waals surface area contributed by atoms with E-state index in [1.807, 2.05) is 5.32 Å². The lowest BCUT2D eigenvalue weighted by molar-refractivity contribution is -0.338. The van der Waals surface area contributed by atoms with Crippen molar-refractivity contribution in [2.75, 3.05) is 26.1 Å². The molecule has 3 aromatic carbocycles. The number of methoxy groups -OCH3 is 2. The number of aliphatic hydroxyl groups is 1. The average molecular weight is 1260 g/mol. The number of hydrogen-bond donors (Lipinski definition) is 8. The van der Waals surface area contributed by atoms with E-state index < -0.39 is 186 Å². The summed E-state index contributed by atoms with van der Waals surface area (Å²) in [6.45, 7) is 10.4. The number of carboxylic acids is 3. The molecular formula is C63H74N4O23. The van der Waals surface area contributed by atoms with Gasteiger partial charge in [0.1, 0.15) is 47.6 Å². The number of ether oxygens (including phenoxy) is 8. The third kappa shape index (κ3) is 12.6. The molecule has 1 aliphatic heterocycles. The summed E-state index contributed by atoms with van der Waals surface area (Å²) in [6, 6.07) is 15.4. The first-order valence-electron chi connectivity index (χ1n) is 29.0. The number of amides is 4. The normalized spacial score (nSPS) is 28.3. The lowest BCUT2D eigenvalue weighted by atomic mass is 9.51. The van der Waals surface area contributed by atoms with Crippen LogP contribution < -0.4 is 21.3 Å². The molecule has 4 aliphatic carbocycles. The Morgan fingerprint density at radius 2 is 1.40 bits per heavy atom. The van der Waals surface area contributed by atoms with E-state index in [1.54, 1.807) is 77.9 Å². The molecule has 27 heteroatoms. The largest absolute Gasteiger partial charge is 0.481 e. The van der Waals surface area contributed by atoms with Crippen molar-refractivity contribution in [2.45, 2.75) is 164 Å². The van der Waals surface area contributed by atoms with Gasteiger partial charge in [-0.25, -0.2) is 28.8 Å². The molecule has 4 amide bonds. The quantitative estimate of drug-likeness (QED) is 0.0347. The number of aliphatic carboxylic acids is 3. The summed E-state index contributed by atoms with van der Waals surface area (Å²) >= 11 is 0. The fourth-order valence-electron chi connectivity index (χ4n) is 13.8. The number of alkyl carbamates (subject to hydrolysis) is 1. The van der Waals surface area contributed by atoms with E-state index in [1.165, 1.54) is 69.7 Å². The molecule has 3 saturated carbocycles. The van der Waals surface area contributed by atoms with Crippen LogP contribution in [0.2, 0.25) is 0 Å². The van der Waals surface area contributed by atoms with E-state index in [4.69, 9.17) is 43.0 Å². The third-order valence-electron chi connectivity index (χ3n) is 17.8. The average Bonchev–Trinajstić information content (AvgIpc) is 1.43. The third-order valence-corrected chi connectivity index (χ3v) is 17.8. The molecule has 1 saturated heterocycles. The number of carboxylic acid groups (broad SMARTS) is 3. The number of fused-ring (bicyclic) bond motifs is 5. The van der Waals surface area contributed by atoms with Crippen molar-refractivity contribution in [3.8, 4) is 0 Å². The van der Waals surface area contributed by atoms with Crippen molar-refractivity contribution in [3.63, 3.8) is 0 Å². The second-order valence-corrected chi connectivity index (χ2v) is 24.4. The first-order valence-corrected chi connectivity index (χ1v) is 29.0. The number of esters is 4. The van der Waals surface area contributed by atoms with Crippen LogP contribution in [0.4, 0.5) is 15.3 Å². The maximum Gasteiger partial charge on any atom is 0.408 e. The predicted molar refractivity (Wildman–Crippen MR) is 310 cm³/mol. The molecule has 0 radical (unpaired) electrons. The predicted octanol–water partition coefficient (Wildman–Crippen LogP) is 4.51. The lowest BCUT2D eigenvalue weighted by Gasteiger charge is -2.64. The van der Waals surface area contributed by atoms with Gasteiger partial charge in [-0.05, 0) is 94.5 Å². The smallest absolute Gasteiger partial charge is 0.408 e. The van der Waals surface area contributed by atoms with Crippen LogP contribution in [0.25, 0.3) is 0 Å². The first-order chi connectivity index (χ1) is 42.3. The van der Waals surface area contributed by atoms with E-state index in [-0.39, 0.29) is 47.4 Å². The zero-order valence-electron chi connectivity index (χ0n) is 51.0. The molecule has 4 fully saturated rings. The van der Waals surface area contributed by atoms with Gasteiger partial charge in [-0.3, -0.25) is 24.0 Å². The molecule has 5 aliphatic rings. The number of rotatable bonds is 24. The minimum absolute atomic E-state index is 0.0408. The van der Waals surface area contributed by atoms with Crippen LogP contribution in [0, 0.1) is 16.7 Å². The number of Topliss-reactive ketones (excluding diaryl/α,β-unsaturated/α-hetero) is 1. The molecule has 1 heterocycles. The van der Waals surface area contributed by atoms with Crippen molar-refractivity contribution in [1.82, 2.24) is 16.0 Å². The highest BCUT2D eigenvalue weighted by Gasteiger charge is 2.99. The molecule has 1 unspecified atom stereocenters. The van der Waals surface area contributed by atoms with Crippen molar-refractivity contribution in [1.29, 1.82) is 0 Å². The van der Waals surface area contributed by atoms with Crippen LogP contribution >= 0.6 is 0 Å². The van der Waals surface area contributed by atoms with E-state index in [0.717, 1.165) is 0 Å². The molecule has 484 valence electrons. The van der Waals surface area contributed by atoms with E-state index in [9.17, 15) is 58.5 Å². The lowest BCUT2D eigenvalue weighted by Crippen LogP contribution is -2.79. The van der Waals surface area contributed by atoms with Gasteiger partial charge >= 0.3 is 53.9 Å². The number of anilines is 1. The fraction of sp³-hybridized carbons (Fsp3) is 0.508. The molecule has 0 bridgehead atoms. The monoisotopic (exact) mass is 1250 g/mol. The molecule has 8 rings (SSSR count). The summed E-state index contributed by atoms with van der Waals surface area (Å²) in [7, 11) is 2.67. The minimum Gasteiger partial charge on any atom is -0.481 e. The van der Waals surface area contributed by atoms with Crippen LogP contribution in [-0.4, -0.2) is 172 Å². The van der Waals surface area contributed by atoms with E-state index >= 15 is 9.59 Å². The van der Waals surface area contributed by atoms with E-state index in [2.05, 4.69) is 16.0 Å². The Kier molecular flexibility index (Phi) is 19.4. The van der Waals surface area contributed by atoms with Crippen molar-refractivity contribution in [2.24, 2.45) is 16.7 Å². The standard InChI is InChI=1S/C63H74N4O23/c1-32-40(30-62(82)60(7)46(32)48(84-9)50(73)59(6)41(83-8)29-42-61(31-85-42,88-33(2)68)55(59)63(60,62)89-53(78)36-18-14-11-15-19-36)86-54(79)49(47(35-16-12-10-13-17-35)67-57(81)90-58(3,4)5)87-45(72)27-25-43(69)64-37-22-20-34(21-23-37)28-39(52(76)77)66-56(80)65-38(51(74)75)24-26-44(70)71/h10-23,38-42,47-49,55,82H,24-31H2,1-9H3,(H,64,69)(H,67,81)(H,70,71)(H,74,75)(H,76,77)(H2,65,66,80)/t38-,39-,40-,41-,42+,47-,48+,49+,55?,59-,60-,61-,62-,63-/m0/s1. The Morgan fingerprint density at radius 1 is 0.778 bits per heavy atom. The number of benzene rings is 3. The summed E-state index contributed by atoms with van der Waals surface area (Å²) in [5.74, 6) is -11.2. The van der Waals surface area contributed by atoms with Gasteiger partial charge < -0.3 is 79.6 Å². The van der Waals surface area contributed by atoms with Gasteiger partial charge in [-0.2, -0.15) is 0 Å². The second kappa shape index (κ2) is 26.0. The van der Waals surface area contributed by atoms with Gasteiger partial charge in [0, 0.05) is 58.9 Å². The Labute approximate surface area is 516 Å².